The van der Waals surface area contributed by atoms with Crippen molar-refractivity contribution in [1.82, 2.24) is 68.5 Å². The Hall–Kier alpha value is -15.2. The molecule has 776 valence electrons. The summed E-state index contributed by atoms with van der Waals surface area (Å²) in [7, 11) is 6.39. The molecule has 0 aliphatic carbocycles. The second-order valence-electron chi connectivity index (χ2n) is 36.5. The minimum atomic E-state index is -4.74. The monoisotopic (exact) mass is 2110 g/mol. The molecule has 0 aliphatic heterocycles. The van der Waals surface area contributed by atoms with Gasteiger partial charge in [0.25, 0.3) is 11.8 Å². The first-order valence-corrected chi connectivity index (χ1v) is 52.1. The lowest BCUT2D eigenvalue weighted by Gasteiger charge is -2.12. The molecule has 150 heavy (non-hydrogen) atoms. The number of benzene rings is 8. The molecule has 33 heteroatoms. The number of aromatic nitrogens is 12. The van der Waals surface area contributed by atoms with E-state index in [1.54, 1.807) is 105 Å². The van der Waals surface area contributed by atoms with Crippen LogP contribution in [-0.2, 0) is 44.7 Å². The van der Waals surface area contributed by atoms with Gasteiger partial charge in [-0.2, -0.15) is 70.1 Å². The van der Waals surface area contributed by atoms with Crippen LogP contribution >= 0.6 is 45.3 Å². The zero-order chi connectivity index (χ0) is 108. The number of ketones is 4. The number of amides is 2. The largest absolute Gasteiger partial charge is 0.435 e. The van der Waals surface area contributed by atoms with Crippen molar-refractivity contribution < 1.29 is 68.3 Å². The molecule has 0 bridgehead atoms. The summed E-state index contributed by atoms with van der Waals surface area (Å²) in [5.74, 6) is 0.432. The maximum atomic E-state index is 13.2. The van der Waals surface area contributed by atoms with Crippen LogP contribution in [0.5, 0.6) is 0 Å². The normalized spacial score (nSPS) is 11.4. The third-order valence-electron chi connectivity index (χ3n) is 23.5. The average Bonchev–Trinajstić information content (AvgIpc) is 2.12. The third kappa shape index (κ3) is 28.1. The lowest BCUT2D eigenvalue weighted by atomic mass is 10.1. The Bertz CT molecular complexity index is 7570. The fourth-order valence-corrected chi connectivity index (χ4v) is 19.9. The number of thiophene rings is 4. The summed E-state index contributed by atoms with van der Waals surface area (Å²) in [5, 5.41) is 26.2. The van der Waals surface area contributed by atoms with E-state index in [4.69, 9.17) is 20.4 Å². The Morgan fingerprint density at radius 3 is 0.880 bits per heavy atom. The molecular weight excluding hydrogens is 2000 g/mol. The summed E-state index contributed by atoms with van der Waals surface area (Å²) in [5.41, 5.74) is 12.2. The van der Waals surface area contributed by atoms with Gasteiger partial charge in [-0.15, -0.1) is 45.3 Å². The Morgan fingerprint density at radius 2 is 0.553 bits per heavy atom. The number of rotatable bonds is 28. The number of hydrogen-bond donors (Lipinski definition) is 0. The van der Waals surface area contributed by atoms with Crippen LogP contribution in [0.4, 0.5) is 39.5 Å². The van der Waals surface area contributed by atoms with E-state index in [2.05, 4.69) is 120 Å². The predicted molar refractivity (Wildman–Crippen MR) is 582 cm³/mol. The fourth-order valence-electron chi connectivity index (χ4n) is 15.6. The zero-order valence-corrected chi connectivity index (χ0v) is 89.0. The standard InChI is InChI=1S/C20H15F6N3O.2C20H22N2OS.C19H16F3N3O.2C19H20N2OS/c1-28(2)18(30)13-5-3-12(4-6-13)16-11-17(20(24,25)26)27-29(16)15-9-7-14(8-10-15)19(21,22)23;1-4-12-22-17(15-8-6-5-7-9-15)13-16(21-22)18-10-11-19(24-18)20(23)14(2)3;1-4-12-22-17(13-16(21-22)15-8-6-5-7-9-15)18-10-11-19(24-18)20(23)14(2)3;1-24(2)18(26)14-10-8-13(9-11-14)16-12-17(19(20,21)22)23-25(16)15-6-4-3-5-7-15;1-4-21-16(14-8-6-5-7-9-14)12-15(20-21)17-10-11-18(23-17)19(22)13(2)3;1-4-21-16(12-15(20-21)14-8-6-5-7-9-14)17-10-11-18(23-17)19(22)13(2)3/h3-11H,1-2H3;2*5-11,13-14H,4,12H2,1-3H3;3-12H,1-2H3;2*5-13H,4H2,1-3H3. The Kier molecular flexibility index (Phi) is 37.5. The molecule has 0 N–H and O–H groups in total. The molecule has 10 aromatic heterocycles. The molecule has 0 saturated heterocycles. The van der Waals surface area contributed by atoms with Gasteiger partial charge in [0.1, 0.15) is 11.4 Å². The van der Waals surface area contributed by atoms with E-state index in [0.717, 1.165) is 181 Å². The summed E-state index contributed by atoms with van der Waals surface area (Å²) >= 11 is 6.17. The highest BCUT2D eigenvalue weighted by atomic mass is 32.1. The van der Waals surface area contributed by atoms with Crippen molar-refractivity contribution in [1.29, 1.82) is 0 Å². The van der Waals surface area contributed by atoms with Gasteiger partial charge in [-0.25, -0.2) is 9.36 Å². The molecule has 0 radical (unpaired) electrons. The first kappa shape index (κ1) is 112. The van der Waals surface area contributed by atoms with Crippen molar-refractivity contribution >= 4 is 80.3 Å². The fraction of sp³-hybridized carbons (Fsp3) is 0.248. The molecule has 18 rings (SSSR count). The number of para-hydroxylation sites is 1. The molecule has 0 spiro atoms. The number of halogens is 9. The van der Waals surface area contributed by atoms with E-state index in [-0.39, 0.29) is 70.0 Å². The van der Waals surface area contributed by atoms with Gasteiger partial charge in [-0.05, 0) is 183 Å². The van der Waals surface area contributed by atoms with Crippen LogP contribution in [0.3, 0.4) is 0 Å². The van der Waals surface area contributed by atoms with E-state index in [0.29, 0.717) is 33.6 Å². The maximum absolute atomic E-state index is 13.2. The smallest absolute Gasteiger partial charge is 0.345 e. The van der Waals surface area contributed by atoms with E-state index < -0.39 is 35.5 Å². The van der Waals surface area contributed by atoms with Crippen molar-refractivity contribution in [2.45, 2.75) is 141 Å². The lowest BCUT2D eigenvalue weighted by molar-refractivity contribution is -0.142. The average molecular weight is 2110 g/mol. The molecule has 0 fully saturated rings. The van der Waals surface area contributed by atoms with Crippen LogP contribution in [0.15, 0.2) is 309 Å². The molecule has 8 aromatic carbocycles. The first-order valence-electron chi connectivity index (χ1n) is 48.9. The van der Waals surface area contributed by atoms with Crippen LogP contribution in [0.2, 0.25) is 0 Å². The van der Waals surface area contributed by atoms with Gasteiger partial charge >= 0.3 is 18.5 Å². The van der Waals surface area contributed by atoms with Crippen molar-refractivity contribution in [3.8, 4) is 121 Å². The minimum absolute atomic E-state index is 0.0194. The minimum Gasteiger partial charge on any atom is -0.345 e. The van der Waals surface area contributed by atoms with E-state index >= 15 is 0 Å². The summed E-state index contributed by atoms with van der Waals surface area (Å²) in [6.07, 6.45) is -11.8. The quantitative estimate of drug-likeness (QED) is 0.0331. The van der Waals surface area contributed by atoms with Crippen LogP contribution in [0, 0.1) is 23.7 Å². The van der Waals surface area contributed by atoms with Crippen LogP contribution in [-0.4, -0.2) is 132 Å². The SMILES string of the molecule is CCCn1nc(-c2ccc(C(=O)C(C)C)s2)cc1-c1ccccc1.CCCn1nc(-c2ccccc2)cc1-c1ccc(C(=O)C(C)C)s1.CCn1nc(-c2ccc(C(=O)C(C)C)s2)cc1-c1ccccc1.CCn1nc(-c2ccccc2)cc1-c1ccc(C(=O)C(C)C)s1.CN(C)C(=O)c1ccc(-c2cc(C(F)(F)F)nn2-c2ccc(C(F)(F)F)cc2)cc1.CN(C)C(=O)c1ccc(-c2cc(C(F)(F)F)nn2-c2ccccc2)cc1. The number of Topliss-reactive ketones (excluding diaryl/α,β-unsaturated/α-hetero) is 4. The van der Waals surface area contributed by atoms with Crippen LogP contribution in [0.25, 0.3) is 121 Å². The molecule has 0 saturated carbocycles. The highest BCUT2D eigenvalue weighted by molar-refractivity contribution is 7.18. The van der Waals surface area contributed by atoms with Crippen LogP contribution in [0.1, 0.15) is 172 Å². The van der Waals surface area contributed by atoms with Crippen molar-refractivity contribution in [3.63, 3.8) is 0 Å². The number of nitrogens with zero attached hydrogens (tertiary/aromatic N) is 14. The number of aryl methyl sites for hydroxylation is 4. The first-order chi connectivity index (χ1) is 71.5. The maximum Gasteiger partial charge on any atom is 0.435 e. The third-order valence-corrected chi connectivity index (χ3v) is 28.0. The van der Waals surface area contributed by atoms with Gasteiger partial charge in [-0.1, -0.05) is 233 Å². The van der Waals surface area contributed by atoms with Crippen molar-refractivity contribution in [2.24, 2.45) is 23.7 Å². The summed E-state index contributed by atoms with van der Waals surface area (Å²) in [4.78, 5) is 83.0. The Labute approximate surface area is 881 Å². The zero-order valence-electron chi connectivity index (χ0n) is 85.7. The topological polar surface area (TPSA) is 216 Å². The highest BCUT2D eigenvalue weighted by Crippen LogP contribution is 2.42. The molecule has 0 aliphatic rings. The van der Waals surface area contributed by atoms with Crippen LogP contribution < -0.4 is 0 Å². The predicted octanol–water partition coefficient (Wildman–Crippen LogP) is 30.9. The summed E-state index contributed by atoms with van der Waals surface area (Å²) < 4.78 is 128. The van der Waals surface area contributed by atoms with Gasteiger partial charge in [0.05, 0.1) is 102 Å². The second-order valence-corrected chi connectivity index (χ2v) is 40.9. The molecule has 18 aromatic rings. The van der Waals surface area contributed by atoms with E-state index in [1.165, 1.54) is 67.0 Å². The molecule has 20 nitrogen and oxygen atoms in total. The number of carbonyl (C=O) groups excluding carboxylic acids is 6. The summed E-state index contributed by atoms with van der Waals surface area (Å²) in [6.45, 7) is 27.3. The number of hydrogen-bond acceptors (Lipinski definition) is 16. The van der Waals surface area contributed by atoms with Gasteiger partial charge < -0.3 is 9.80 Å². The molecule has 0 atom stereocenters. The molecule has 0 unspecified atom stereocenters. The highest BCUT2D eigenvalue weighted by Gasteiger charge is 2.38. The lowest BCUT2D eigenvalue weighted by Crippen LogP contribution is -2.21. The van der Waals surface area contributed by atoms with Gasteiger partial charge in [0, 0.05) is 111 Å². The molecular formula is C117H115F9N14O6S4. The van der Waals surface area contributed by atoms with Crippen molar-refractivity contribution in [2.75, 3.05) is 28.2 Å². The van der Waals surface area contributed by atoms with Gasteiger partial charge in [0.15, 0.2) is 34.5 Å². The molecule has 2 amide bonds. The van der Waals surface area contributed by atoms with Gasteiger partial charge in [-0.3, -0.25) is 47.5 Å². The number of carbonyl (C=O) groups is 6. The Balaban J connectivity index is 0.000000150. The van der Waals surface area contributed by atoms with Crippen molar-refractivity contribution in [3.05, 3.63) is 357 Å². The summed E-state index contributed by atoms with van der Waals surface area (Å²) in [6, 6.07) is 91.5. The second kappa shape index (κ2) is 50.2. The van der Waals surface area contributed by atoms with E-state index in [9.17, 15) is 68.3 Å². The number of alkyl halides is 9. The van der Waals surface area contributed by atoms with Gasteiger partial charge in [0.2, 0.25) is 0 Å². The van der Waals surface area contributed by atoms with E-state index in [1.807, 2.05) is 186 Å². The Morgan fingerprint density at radius 1 is 0.280 bits per heavy atom. The molecule has 10 heterocycles.